The molecule has 1 aromatic carbocycles. The number of ether oxygens (including phenoxy) is 1. The molecular weight excluding hydrogens is 205 g/mol. The van der Waals surface area contributed by atoms with Crippen molar-refractivity contribution in [3.63, 3.8) is 0 Å². The highest BCUT2D eigenvalue weighted by Crippen LogP contribution is 2.29. The third kappa shape index (κ3) is 2.60. The van der Waals surface area contributed by atoms with Crippen molar-refractivity contribution >= 4 is 0 Å². The van der Waals surface area contributed by atoms with Crippen LogP contribution in [-0.2, 0) is 4.74 Å². The maximum atomic E-state index is 13.6. The van der Waals surface area contributed by atoms with Gasteiger partial charge in [0.1, 0.15) is 5.82 Å². The minimum Gasteiger partial charge on any atom is -0.383 e. The molecule has 0 aliphatic carbocycles. The lowest BCUT2D eigenvalue weighted by Gasteiger charge is -2.30. The van der Waals surface area contributed by atoms with Crippen molar-refractivity contribution in [2.75, 3.05) is 20.3 Å². The standard InChI is InChI=1S/C13H18FNO/c1-16-9-11-8-10(6-7-15-11)12-4-2-3-5-13(12)14/h2-5,10-11,15H,6-9H2,1H3. The van der Waals surface area contributed by atoms with Gasteiger partial charge in [0, 0.05) is 13.2 Å². The first-order valence-electron chi connectivity index (χ1n) is 5.78. The van der Waals surface area contributed by atoms with Crippen LogP contribution in [0, 0.1) is 5.82 Å². The fourth-order valence-corrected chi connectivity index (χ4v) is 2.42. The number of rotatable bonds is 3. The lowest BCUT2D eigenvalue weighted by Crippen LogP contribution is -2.40. The van der Waals surface area contributed by atoms with Crippen LogP contribution in [0.2, 0.25) is 0 Å². The molecule has 88 valence electrons. The number of benzene rings is 1. The SMILES string of the molecule is COCC1CC(c2ccccc2F)CCN1. The van der Waals surface area contributed by atoms with Gasteiger partial charge >= 0.3 is 0 Å². The van der Waals surface area contributed by atoms with Crippen molar-refractivity contribution in [3.8, 4) is 0 Å². The van der Waals surface area contributed by atoms with E-state index in [1.54, 1.807) is 19.2 Å². The molecule has 1 aliphatic rings. The van der Waals surface area contributed by atoms with Gasteiger partial charge < -0.3 is 10.1 Å². The van der Waals surface area contributed by atoms with Gasteiger partial charge in [-0.05, 0) is 36.9 Å². The van der Waals surface area contributed by atoms with E-state index in [9.17, 15) is 4.39 Å². The lowest BCUT2D eigenvalue weighted by molar-refractivity contribution is 0.148. The zero-order valence-corrected chi connectivity index (χ0v) is 9.58. The third-order valence-corrected chi connectivity index (χ3v) is 3.21. The van der Waals surface area contributed by atoms with E-state index in [-0.39, 0.29) is 5.82 Å². The van der Waals surface area contributed by atoms with Crippen LogP contribution in [-0.4, -0.2) is 26.3 Å². The zero-order valence-electron chi connectivity index (χ0n) is 9.58. The molecule has 0 aromatic heterocycles. The zero-order chi connectivity index (χ0) is 11.4. The molecule has 1 heterocycles. The van der Waals surface area contributed by atoms with E-state index in [1.165, 1.54) is 0 Å². The molecule has 1 N–H and O–H groups in total. The van der Waals surface area contributed by atoms with Crippen LogP contribution < -0.4 is 5.32 Å². The predicted octanol–water partition coefficient (Wildman–Crippen LogP) is 2.31. The summed E-state index contributed by atoms with van der Waals surface area (Å²) in [6, 6.07) is 7.44. The first-order chi connectivity index (χ1) is 7.81. The molecular formula is C13H18FNO. The van der Waals surface area contributed by atoms with Crippen LogP contribution in [0.25, 0.3) is 0 Å². The van der Waals surface area contributed by atoms with Crippen molar-refractivity contribution < 1.29 is 9.13 Å². The van der Waals surface area contributed by atoms with Gasteiger partial charge in [0.15, 0.2) is 0 Å². The van der Waals surface area contributed by atoms with E-state index in [0.29, 0.717) is 18.6 Å². The van der Waals surface area contributed by atoms with Crippen molar-refractivity contribution in [3.05, 3.63) is 35.6 Å². The number of halogens is 1. The summed E-state index contributed by atoms with van der Waals surface area (Å²) in [5.74, 6) is 0.244. The van der Waals surface area contributed by atoms with Crippen LogP contribution in [0.5, 0.6) is 0 Å². The van der Waals surface area contributed by atoms with Gasteiger partial charge in [-0.1, -0.05) is 18.2 Å². The second kappa shape index (κ2) is 5.41. The molecule has 1 aromatic rings. The monoisotopic (exact) mass is 223 g/mol. The molecule has 0 bridgehead atoms. The highest BCUT2D eigenvalue weighted by atomic mass is 19.1. The van der Waals surface area contributed by atoms with E-state index in [4.69, 9.17) is 4.74 Å². The fourth-order valence-electron chi connectivity index (χ4n) is 2.42. The smallest absolute Gasteiger partial charge is 0.126 e. The first kappa shape index (κ1) is 11.6. The van der Waals surface area contributed by atoms with Gasteiger partial charge in [-0.25, -0.2) is 4.39 Å². The summed E-state index contributed by atoms with van der Waals surface area (Å²) in [4.78, 5) is 0. The van der Waals surface area contributed by atoms with E-state index >= 15 is 0 Å². The first-order valence-corrected chi connectivity index (χ1v) is 5.78. The average Bonchev–Trinajstić information content (AvgIpc) is 2.30. The Hall–Kier alpha value is -0.930. The Kier molecular flexibility index (Phi) is 3.91. The topological polar surface area (TPSA) is 21.3 Å². The highest BCUT2D eigenvalue weighted by Gasteiger charge is 2.24. The van der Waals surface area contributed by atoms with E-state index in [2.05, 4.69) is 5.32 Å². The van der Waals surface area contributed by atoms with E-state index in [0.717, 1.165) is 24.9 Å². The quantitative estimate of drug-likeness (QED) is 0.849. The Bertz CT molecular complexity index is 340. The Labute approximate surface area is 95.8 Å². The maximum Gasteiger partial charge on any atom is 0.126 e. The van der Waals surface area contributed by atoms with Gasteiger partial charge in [-0.15, -0.1) is 0 Å². The summed E-state index contributed by atoms with van der Waals surface area (Å²) < 4.78 is 18.8. The number of hydrogen-bond acceptors (Lipinski definition) is 2. The summed E-state index contributed by atoms with van der Waals surface area (Å²) in [5.41, 5.74) is 0.852. The summed E-state index contributed by atoms with van der Waals surface area (Å²) in [6.07, 6.45) is 1.95. The molecule has 2 atom stereocenters. The van der Waals surface area contributed by atoms with Crippen LogP contribution in [0.3, 0.4) is 0 Å². The molecule has 2 unspecified atom stereocenters. The van der Waals surface area contributed by atoms with Crippen LogP contribution >= 0.6 is 0 Å². The minimum atomic E-state index is -0.0782. The molecule has 1 fully saturated rings. The van der Waals surface area contributed by atoms with Crippen LogP contribution in [0.4, 0.5) is 4.39 Å². The highest BCUT2D eigenvalue weighted by molar-refractivity contribution is 5.22. The summed E-state index contributed by atoms with van der Waals surface area (Å²) >= 11 is 0. The third-order valence-electron chi connectivity index (χ3n) is 3.21. The molecule has 0 radical (unpaired) electrons. The second-order valence-electron chi connectivity index (χ2n) is 4.35. The van der Waals surface area contributed by atoms with Gasteiger partial charge in [0.2, 0.25) is 0 Å². The Morgan fingerprint density at radius 2 is 2.25 bits per heavy atom. The van der Waals surface area contributed by atoms with Crippen LogP contribution in [0.15, 0.2) is 24.3 Å². The van der Waals surface area contributed by atoms with Gasteiger partial charge in [0.05, 0.1) is 6.61 Å². The van der Waals surface area contributed by atoms with Crippen molar-refractivity contribution in [2.24, 2.45) is 0 Å². The molecule has 2 nitrogen and oxygen atoms in total. The summed E-state index contributed by atoms with van der Waals surface area (Å²) in [7, 11) is 1.70. The Balaban J connectivity index is 2.07. The van der Waals surface area contributed by atoms with Crippen molar-refractivity contribution in [1.29, 1.82) is 0 Å². The van der Waals surface area contributed by atoms with Crippen molar-refractivity contribution in [2.45, 2.75) is 24.8 Å². The normalized spacial score (nSPS) is 25.6. The molecule has 16 heavy (non-hydrogen) atoms. The van der Waals surface area contributed by atoms with Crippen LogP contribution in [0.1, 0.15) is 24.3 Å². The van der Waals surface area contributed by atoms with E-state index < -0.39 is 0 Å². The summed E-state index contributed by atoms with van der Waals surface area (Å²) in [5, 5.41) is 3.39. The fraction of sp³-hybridized carbons (Fsp3) is 0.538. The lowest BCUT2D eigenvalue weighted by atomic mass is 9.86. The predicted molar refractivity (Wildman–Crippen MR) is 62.0 cm³/mol. The number of hydrogen-bond donors (Lipinski definition) is 1. The molecule has 0 saturated carbocycles. The number of methoxy groups -OCH3 is 1. The number of nitrogens with one attached hydrogen (secondary N) is 1. The summed E-state index contributed by atoms with van der Waals surface area (Å²) in [6.45, 7) is 1.64. The second-order valence-corrected chi connectivity index (χ2v) is 4.35. The van der Waals surface area contributed by atoms with Gasteiger partial charge in [0.25, 0.3) is 0 Å². The van der Waals surface area contributed by atoms with Gasteiger partial charge in [-0.2, -0.15) is 0 Å². The minimum absolute atomic E-state index is 0.0782. The van der Waals surface area contributed by atoms with Gasteiger partial charge in [-0.3, -0.25) is 0 Å². The molecule has 0 spiro atoms. The molecule has 1 aliphatic heterocycles. The van der Waals surface area contributed by atoms with E-state index in [1.807, 2.05) is 12.1 Å². The number of piperidine rings is 1. The largest absolute Gasteiger partial charge is 0.383 e. The molecule has 1 saturated heterocycles. The Morgan fingerprint density at radius 1 is 1.44 bits per heavy atom. The average molecular weight is 223 g/mol. The molecule has 2 rings (SSSR count). The molecule has 3 heteroatoms. The Morgan fingerprint density at radius 3 is 3.00 bits per heavy atom. The van der Waals surface area contributed by atoms with Crippen molar-refractivity contribution in [1.82, 2.24) is 5.32 Å². The maximum absolute atomic E-state index is 13.6. The molecule has 0 amide bonds.